The van der Waals surface area contributed by atoms with Gasteiger partial charge in [-0.05, 0) is 37.1 Å². The summed E-state index contributed by atoms with van der Waals surface area (Å²) in [6.45, 7) is 5.31. The van der Waals surface area contributed by atoms with Gasteiger partial charge in [0.1, 0.15) is 17.5 Å². The van der Waals surface area contributed by atoms with Crippen molar-refractivity contribution in [1.82, 2.24) is 14.7 Å². The van der Waals surface area contributed by atoms with E-state index in [-0.39, 0.29) is 4.90 Å². The van der Waals surface area contributed by atoms with Crippen LogP contribution in [0.25, 0.3) is 0 Å². The zero-order valence-electron chi connectivity index (χ0n) is 16.9. The number of hydrogen-bond acceptors (Lipinski definition) is 7. The molecule has 0 saturated carbocycles. The maximum absolute atomic E-state index is 12.3. The third-order valence-corrected chi connectivity index (χ3v) is 5.70. The quantitative estimate of drug-likeness (QED) is 0.450. The van der Waals surface area contributed by atoms with Crippen molar-refractivity contribution in [2.24, 2.45) is 0 Å². The zero-order chi connectivity index (χ0) is 21.1. The average molecular weight is 417 g/mol. The van der Waals surface area contributed by atoms with Gasteiger partial charge < -0.3 is 10.6 Å². The van der Waals surface area contributed by atoms with Gasteiger partial charge in [-0.1, -0.05) is 33.1 Å². The monoisotopic (exact) mass is 416 g/mol. The zero-order valence-corrected chi connectivity index (χ0v) is 17.7. The first kappa shape index (κ1) is 22.6. The number of unbranched alkanes of at least 4 members (excludes halogenated alkanes) is 3. The Hall–Kier alpha value is -2.70. The molecule has 29 heavy (non-hydrogen) atoms. The van der Waals surface area contributed by atoms with Crippen LogP contribution < -0.4 is 15.4 Å². The normalized spacial score (nSPS) is 11.1. The van der Waals surface area contributed by atoms with Gasteiger partial charge in [0.15, 0.2) is 0 Å². The minimum atomic E-state index is -3.51. The molecule has 0 fully saturated rings. The van der Waals surface area contributed by atoms with E-state index in [9.17, 15) is 13.7 Å². The smallest absolute Gasteiger partial charge is 0.240 e. The summed E-state index contributed by atoms with van der Waals surface area (Å²) >= 11 is 0. The molecule has 1 aromatic heterocycles. The van der Waals surface area contributed by atoms with Crippen molar-refractivity contribution in [2.45, 2.75) is 50.8 Å². The van der Waals surface area contributed by atoms with Crippen molar-refractivity contribution in [1.29, 1.82) is 5.26 Å². The SMILES string of the molecule is CCCCCNS(=O)(=O)c1ccc(Nc2ncc(C#N)c(NCCCC)n2)cc1. The lowest BCUT2D eigenvalue weighted by Crippen LogP contribution is -2.24. The second-order valence-electron chi connectivity index (χ2n) is 6.60. The van der Waals surface area contributed by atoms with Crippen LogP contribution in [0.2, 0.25) is 0 Å². The van der Waals surface area contributed by atoms with E-state index >= 15 is 0 Å². The number of nitrogens with zero attached hydrogens (tertiary/aromatic N) is 3. The summed E-state index contributed by atoms with van der Waals surface area (Å²) in [6.07, 6.45) is 6.32. The van der Waals surface area contributed by atoms with Crippen molar-refractivity contribution < 1.29 is 8.42 Å². The molecule has 156 valence electrons. The molecule has 0 atom stereocenters. The van der Waals surface area contributed by atoms with Gasteiger partial charge >= 0.3 is 0 Å². The van der Waals surface area contributed by atoms with E-state index in [2.05, 4.69) is 45.2 Å². The first-order valence-electron chi connectivity index (χ1n) is 9.88. The fourth-order valence-electron chi connectivity index (χ4n) is 2.55. The molecule has 0 aliphatic heterocycles. The Morgan fingerprint density at radius 2 is 1.76 bits per heavy atom. The summed E-state index contributed by atoms with van der Waals surface area (Å²) in [5.74, 6) is 0.810. The lowest BCUT2D eigenvalue weighted by atomic mass is 10.3. The van der Waals surface area contributed by atoms with E-state index in [4.69, 9.17) is 0 Å². The highest BCUT2D eigenvalue weighted by Gasteiger charge is 2.13. The molecule has 1 heterocycles. The van der Waals surface area contributed by atoms with Crippen LogP contribution >= 0.6 is 0 Å². The number of nitriles is 1. The van der Waals surface area contributed by atoms with E-state index in [0.717, 1.165) is 38.6 Å². The molecule has 0 radical (unpaired) electrons. The Morgan fingerprint density at radius 1 is 1.03 bits per heavy atom. The molecule has 3 N–H and O–H groups in total. The van der Waals surface area contributed by atoms with E-state index < -0.39 is 10.0 Å². The average Bonchev–Trinajstić information content (AvgIpc) is 2.72. The summed E-state index contributed by atoms with van der Waals surface area (Å²) in [6, 6.07) is 8.46. The van der Waals surface area contributed by atoms with Crippen LogP contribution in [0.1, 0.15) is 51.5 Å². The van der Waals surface area contributed by atoms with Gasteiger partial charge in [-0.3, -0.25) is 0 Å². The predicted molar refractivity (Wildman–Crippen MR) is 115 cm³/mol. The molecule has 0 aliphatic rings. The minimum Gasteiger partial charge on any atom is -0.369 e. The Labute approximate surface area is 172 Å². The van der Waals surface area contributed by atoms with Crippen LogP contribution in [0, 0.1) is 11.3 Å². The Balaban J connectivity index is 2.05. The fourth-order valence-corrected chi connectivity index (χ4v) is 3.63. The Morgan fingerprint density at radius 3 is 2.41 bits per heavy atom. The highest BCUT2D eigenvalue weighted by Crippen LogP contribution is 2.19. The largest absolute Gasteiger partial charge is 0.369 e. The fraction of sp³-hybridized carbons (Fsp3) is 0.450. The minimum absolute atomic E-state index is 0.210. The molecule has 0 bridgehead atoms. The van der Waals surface area contributed by atoms with Gasteiger partial charge in [0.05, 0.1) is 11.1 Å². The van der Waals surface area contributed by atoms with Crippen molar-refractivity contribution in [3.8, 4) is 6.07 Å². The van der Waals surface area contributed by atoms with E-state index in [0.29, 0.717) is 29.6 Å². The van der Waals surface area contributed by atoms with E-state index in [1.807, 2.05) is 0 Å². The lowest BCUT2D eigenvalue weighted by molar-refractivity contribution is 0.576. The molecule has 0 amide bonds. The van der Waals surface area contributed by atoms with Gasteiger partial charge in [0, 0.05) is 18.8 Å². The van der Waals surface area contributed by atoms with Gasteiger partial charge in [-0.25, -0.2) is 18.1 Å². The summed E-state index contributed by atoms with van der Waals surface area (Å²) in [4.78, 5) is 8.71. The van der Waals surface area contributed by atoms with Crippen LogP contribution in [-0.4, -0.2) is 31.5 Å². The summed E-state index contributed by atoms with van der Waals surface area (Å²) in [5.41, 5.74) is 1.03. The predicted octanol–water partition coefficient (Wildman–Crippen LogP) is 3.77. The molecule has 2 aromatic rings. The van der Waals surface area contributed by atoms with Crippen molar-refractivity contribution in [3.63, 3.8) is 0 Å². The molecule has 1 aromatic carbocycles. The first-order chi connectivity index (χ1) is 14.0. The highest BCUT2D eigenvalue weighted by molar-refractivity contribution is 7.89. The second-order valence-corrected chi connectivity index (χ2v) is 8.37. The van der Waals surface area contributed by atoms with Gasteiger partial charge in [0.25, 0.3) is 0 Å². The first-order valence-corrected chi connectivity index (χ1v) is 11.4. The summed E-state index contributed by atoms with van der Waals surface area (Å²) in [7, 11) is -3.51. The van der Waals surface area contributed by atoms with E-state index in [1.54, 1.807) is 12.1 Å². The van der Waals surface area contributed by atoms with Crippen LogP contribution in [0.3, 0.4) is 0 Å². The molecule has 9 heteroatoms. The van der Waals surface area contributed by atoms with Crippen LogP contribution in [0.4, 0.5) is 17.5 Å². The van der Waals surface area contributed by atoms with E-state index in [1.165, 1.54) is 18.3 Å². The second kappa shape index (κ2) is 11.3. The number of hydrogen-bond donors (Lipinski definition) is 3. The number of anilines is 3. The van der Waals surface area contributed by atoms with Crippen molar-refractivity contribution in [3.05, 3.63) is 36.0 Å². The van der Waals surface area contributed by atoms with Gasteiger partial charge in [-0.15, -0.1) is 0 Å². The Bertz CT molecular complexity index is 923. The van der Waals surface area contributed by atoms with Crippen LogP contribution in [0.5, 0.6) is 0 Å². The number of rotatable bonds is 12. The molecule has 0 spiro atoms. The van der Waals surface area contributed by atoms with Crippen LogP contribution in [0.15, 0.2) is 35.4 Å². The summed E-state index contributed by atoms with van der Waals surface area (Å²) in [5, 5.41) is 15.4. The Kier molecular flexibility index (Phi) is 8.83. The summed E-state index contributed by atoms with van der Waals surface area (Å²) < 4.78 is 27.2. The molecule has 0 saturated heterocycles. The third kappa shape index (κ3) is 7.00. The van der Waals surface area contributed by atoms with Crippen molar-refractivity contribution in [2.75, 3.05) is 23.7 Å². The van der Waals surface area contributed by atoms with Crippen LogP contribution in [-0.2, 0) is 10.0 Å². The molecule has 0 aliphatic carbocycles. The maximum Gasteiger partial charge on any atom is 0.240 e. The topological polar surface area (TPSA) is 120 Å². The molecule has 0 unspecified atom stereocenters. The molecule has 2 rings (SSSR count). The lowest BCUT2D eigenvalue weighted by Gasteiger charge is -2.10. The standard InChI is InChI=1S/C20H28N6O2S/c1-3-5-7-13-24-29(27,28)18-10-8-17(9-11-18)25-20-23-15-16(14-21)19(26-20)22-12-6-4-2/h8-11,15,24H,3-7,12-13H2,1-2H3,(H2,22,23,25,26). The molecular formula is C20H28N6O2S. The number of nitrogens with one attached hydrogen (secondary N) is 3. The van der Waals surface area contributed by atoms with Crippen molar-refractivity contribution >= 4 is 27.5 Å². The molecule has 8 nitrogen and oxygen atoms in total. The number of aromatic nitrogens is 2. The number of benzene rings is 1. The third-order valence-electron chi connectivity index (χ3n) is 4.23. The highest BCUT2D eigenvalue weighted by atomic mass is 32.2. The number of sulfonamides is 1. The maximum atomic E-state index is 12.3. The van der Waals surface area contributed by atoms with Gasteiger partial charge in [0.2, 0.25) is 16.0 Å². The van der Waals surface area contributed by atoms with Gasteiger partial charge in [-0.2, -0.15) is 10.2 Å². The molecular weight excluding hydrogens is 388 g/mol.